The third-order valence-corrected chi connectivity index (χ3v) is 5.15. The molecule has 1 unspecified atom stereocenters. The zero-order valence-electron chi connectivity index (χ0n) is 10.5. The van der Waals surface area contributed by atoms with Crippen LogP contribution in [0.5, 0.6) is 0 Å². The smallest absolute Gasteiger partial charge is 0.107 e. The van der Waals surface area contributed by atoms with E-state index in [1.54, 1.807) is 0 Å². The number of aryl methyl sites for hydroxylation is 2. The summed E-state index contributed by atoms with van der Waals surface area (Å²) < 4.78 is 1.84. The van der Waals surface area contributed by atoms with Gasteiger partial charge in [-0.05, 0) is 37.1 Å². The molecule has 0 aliphatic rings. The first kappa shape index (κ1) is 15.0. The molecular weight excluding hydrogens is 391 g/mol. The SMILES string of the molecule is Cc1cc(Br)c(C(O)c2cccc(C)c2Cl)cc1Br. The lowest BCUT2D eigenvalue weighted by molar-refractivity contribution is 0.219. The van der Waals surface area contributed by atoms with Gasteiger partial charge in [-0.2, -0.15) is 0 Å². The number of aliphatic hydroxyl groups excluding tert-OH is 1. The summed E-state index contributed by atoms with van der Waals surface area (Å²) in [4.78, 5) is 0. The van der Waals surface area contributed by atoms with Crippen molar-refractivity contribution in [2.75, 3.05) is 0 Å². The van der Waals surface area contributed by atoms with E-state index in [1.165, 1.54) is 0 Å². The van der Waals surface area contributed by atoms with Gasteiger partial charge in [-0.3, -0.25) is 0 Å². The molecule has 0 fully saturated rings. The second kappa shape index (κ2) is 5.96. The van der Waals surface area contributed by atoms with Crippen LogP contribution in [0.15, 0.2) is 39.3 Å². The van der Waals surface area contributed by atoms with Crippen molar-refractivity contribution in [3.8, 4) is 0 Å². The van der Waals surface area contributed by atoms with E-state index in [9.17, 15) is 5.11 Å². The van der Waals surface area contributed by atoms with Crippen molar-refractivity contribution >= 4 is 43.5 Å². The van der Waals surface area contributed by atoms with Crippen LogP contribution >= 0.6 is 43.5 Å². The van der Waals surface area contributed by atoms with E-state index in [1.807, 2.05) is 44.2 Å². The summed E-state index contributed by atoms with van der Waals surface area (Å²) in [6.45, 7) is 3.93. The fraction of sp³-hybridized carbons (Fsp3) is 0.200. The summed E-state index contributed by atoms with van der Waals surface area (Å²) in [6, 6.07) is 9.57. The lowest BCUT2D eigenvalue weighted by Crippen LogP contribution is -2.03. The molecule has 0 saturated carbocycles. The Kier molecular flexibility index (Phi) is 4.72. The van der Waals surface area contributed by atoms with Crippen molar-refractivity contribution in [2.24, 2.45) is 0 Å². The number of halogens is 3. The molecule has 4 heteroatoms. The molecule has 0 aliphatic heterocycles. The molecule has 2 aromatic carbocycles. The van der Waals surface area contributed by atoms with Crippen molar-refractivity contribution in [3.05, 3.63) is 66.6 Å². The lowest BCUT2D eigenvalue weighted by Gasteiger charge is -2.17. The molecule has 0 aliphatic carbocycles. The monoisotopic (exact) mass is 402 g/mol. The quantitative estimate of drug-likeness (QED) is 0.694. The molecule has 0 radical (unpaired) electrons. The van der Waals surface area contributed by atoms with Gasteiger partial charge in [0, 0.05) is 25.1 Å². The highest BCUT2D eigenvalue weighted by Gasteiger charge is 2.18. The molecule has 2 rings (SSSR count). The minimum atomic E-state index is -0.751. The Balaban J connectivity index is 2.53. The first-order valence-corrected chi connectivity index (χ1v) is 7.77. The molecular formula is C15H13Br2ClO. The van der Waals surface area contributed by atoms with E-state index in [4.69, 9.17) is 11.6 Å². The van der Waals surface area contributed by atoms with Gasteiger partial charge >= 0.3 is 0 Å². The van der Waals surface area contributed by atoms with Crippen LogP contribution in [-0.4, -0.2) is 5.11 Å². The van der Waals surface area contributed by atoms with E-state index in [0.717, 1.165) is 31.2 Å². The van der Waals surface area contributed by atoms with Crippen LogP contribution in [0, 0.1) is 13.8 Å². The average Bonchev–Trinajstić information content (AvgIpc) is 2.36. The van der Waals surface area contributed by atoms with Gasteiger partial charge in [0.2, 0.25) is 0 Å². The van der Waals surface area contributed by atoms with Gasteiger partial charge in [-0.15, -0.1) is 0 Å². The Bertz CT molecular complexity index is 626. The van der Waals surface area contributed by atoms with E-state index >= 15 is 0 Å². The van der Waals surface area contributed by atoms with Gasteiger partial charge < -0.3 is 5.11 Å². The van der Waals surface area contributed by atoms with Crippen LogP contribution < -0.4 is 0 Å². The highest BCUT2D eigenvalue weighted by Crippen LogP contribution is 2.36. The fourth-order valence-corrected chi connectivity index (χ4v) is 3.19. The van der Waals surface area contributed by atoms with E-state index in [2.05, 4.69) is 31.9 Å². The highest BCUT2D eigenvalue weighted by atomic mass is 79.9. The number of hydrogen-bond donors (Lipinski definition) is 1. The molecule has 0 heterocycles. The maximum atomic E-state index is 10.6. The Morgan fingerprint density at radius 3 is 2.37 bits per heavy atom. The Morgan fingerprint density at radius 1 is 1.00 bits per heavy atom. The van der Waals surface area contributed by atoms with Gasteiger partial charge in [0.15, 0.2) is 0 Å². The predicted octanol–water partition coefficient (Wildman–Crippen LogP) is 5.56. The van der Waals surface area contributed by atoms with E-state index in [-0.39, 0.29) is 0 Å². The normalized spacial score (nSPS) is 12.5. The second-order valence-corrected chi connectivity index (χ2v) is 6.59. The summed E-state index contributed by atoms with van der Waals surface area (Å²) in [7, 11) is 0. The third kappa shape index (κ3) is 3.05. The summed E-state index contributed by atoms with van der Waals surface area (Å²) in [6.07, 6.45) is -0.751. The molecule has 2 aromatic rings. The highest BCUT2D eigenvalue weighted by molar-refractivity contribution is 9.11. The Morgan fingerprint density at radius 2 is 1.68 bits per heavy atom. The number of rotatable bonds is 2. The maximum absolute atomic E-state index is 10.6. The standard InChI is InChI=1S/C15H13Br2ClO/c1-8-4-3-5-10(14(8)18)15(19)11-7-12(16)9(2)6-13(11)17/h3-7,15,19H,1-2H3. The summed E-state index contributed by atoms with van der Waals surface area (Å²) in [5, 5.41) is 11.2. The van der Waals surface area contributed by atoms with Gasteiger partial charge in [0.1, 0.15) is 6.10 Å². The van der Waals surface area contributed by atoms with Gasteiger partial charge in [0.05, 0.1) is 0 Å². The molecule has 19 heavy (non-hydrogen) atoms. The van der Waals surface area contributed by atoms with Crippen LogP contribution in [0.3, 0.4) is 0 Å². The first-order valence-electron chi connectivity index (χ1n) is 5.80. The first-order chi connectivity index (χ1) is 8.91. The second-order valence-electron chi connectivity index (χ2n) is 4.50. The van der Waals surface area contributed by atoms with Crippen LogP contribution in [0.25, 0.3) is 0 Å². The van der Waals surface area contributed by atoms with Gasteiger partial charge in [-0.1, -0.05) is 61.7 Å². The van der Waals surface area contributed by atoms with Crippen LogP contribution in [-0.2, 0) is 0 Å². The predicted molar refractivity (Wildman–Crippen MR) is 86.8 cm³/mol. The third-order valence-electron chi connectivity index (χ3n) is 3.09. The topological polar surface area (TPSA) is 20.2 Å². The molecule has 1 nitrogen and oxygen atoms in total. The zero-order valence-corrected chi connectivity index (χ0v) is 14.5. The molecule has 100 valence electrons. The number of aliphatic hydroxyl groups is 1. The fourth-order valence-electron chi connectivity index (χ4n) is 1.92. The largest absolute Gasteiger partial charge is 0.384 e. The maximum Gasteiger partial charge on any atom is 0.107 e. The molecule has 1 N–H and O–H groups in total. The molecule has 0 aromatic heterocycles. The van der Waals surface area contributed by atoms with Crippen molar-refractivity contribution in [3.63, 3.8) is 0 Å². The van der Waals surface area contributed by atoms with E-state index in [0.29, 0.717) is 5.02 Å². The van der Waals surface area contributed by atoms with Crippen molar-refractivity contribution in [1.82, 2.24) is 0 Å². The minimum absolute atomic E-state index is 0.610. The molecule has 0 amide bonds. The summed E-state index contributed by atoms with van der Waals surface area (Å²) in [5.41, 5.74) is 3.58. The van der Waals surface area contributed by atoms with Crippen LogP contribution in [0.1, 0.15) is 28.4 Å². The Labute approximate surface area is 134 Å². The van der Waals surface area contributed by atoms with Crippen molar-refractivity contribution < 1.29 is 5.11 Å². The average molecular weight is 405 g/mol. The summed E-state index contributed by atoms with van der Waals surface area (Å²) >= 11 is 13.3. The van der Waals surface area contributed by atoms with Crippen LogP contribution in [0.2, 0.25) is 5.02 Å². The number of hydrogen-bond acceptors (Lipinski definition) is 1. The van der Waals surface area contributed by atoms with Gasteiger partial charge in [-0.25, -0.2) is 0 Å². The molecule has 0 spiro atoms. The summed E-state index contributed by atoms with van der Waals surface area (Å²) in [5.74, 6) is 0. The van der Waals surface area contributed by atoms with Gasteiger partial charge in [0.25, 0.3) is 0 Å². The Hall–Kier alpha value is -0.350. The van der Waals surface area contributed by atoms with Crippen molar-refractivity contribution in [2.45, 2.75) is 20.0 Å². The van der Waals surface area contributed by atoms with Crippen LogP contribution in [0.4, 0.5) is 0 Å². The lowest BCUT2D eigenvalue weighted by atomic mass is 9.99. The van der Waals surface area contributed by atoms with E-state index < -0.39 is 6.10 Å². The molecule has 0 saturated heterocycles. The zero-order chi connectivity index (χ0) is 14.2. The molecule has 0 bridgehead atoms. The molecule has 1 atom stereocenters. The number of benzene rings is 2. The minimum Gasteiger partial charge on any atom is -0.384 e. The van der Waals surface area contributed by atoms with Crippen molar-refractivity contribution in [1.29, 1.82) is 0 Å².